The quantitative estimate of drug-likeness (QED) is 0.0205. The first kappa shape index (κ1) is 73.9. The number of hydrogen-bond acceptors (Lipinski definition) is 6. The Kier molecular flexibility index (Phi) is 54.0. The summed E-state index contributed by atoms with van der Waals surface area (Å²) >= 11 is 0. The molecule has 77 heavy (non-hydrogen) atoms. The molecule has 0 bridgehead atoms. The van der Waals surface area contributed by atoms with Crippen LogP contribution in [0.15, 0.2) is 97.2 Å². The van der Waals surface area contributed by atoms with Gasteiger partial charge >= 0.3 is 13.8 Å². The van der Waals surface area contributed by atoms with E-state index < -0.39 is 20.0 Å². The Bertz CT molecular complexity index is 1640. The highest BCUT2D eigenvalue weighted by molar-refractivity contribution is 7.47. The second-order valence-corrected chi connectivity index (χ2v) is 23.7. The van der Waals surface area contributed by atoms with Crippen LogP contribution in [0.25, 0.3) is 0 Å². The molecule has 0 aromatic rings. The summed E-state index contributed by atoms with van der Waals surface area (Å²) in [4.78, 5) is 37.7. The molecular weight excluding hydrogens is 976 g/mol. The van der Waals surface area contributed by atoms with Gasteiger partial charge in [0.15, 0.2) is 0 Å². The van der Waals surface area contributed by atoms with Gasteiger partial charge in [-0.2, -0.15) is 0 Å². The Morgan fingerprint density at radius 1 is 0.455 bits per heavy atom. The highest BCUT2D eigenvalue weighted by Gasteiger charge is 2.30. The van der Waals surface area contributed by atoms with Gasteiger partial charge in [-0.05, 0) is 115 Å². The molecule has 0 aliphatic heterocycles. The van der Waals surface area contributed by atoms with Crippen LogP contribution < -0.4 is 5.32 Å². The van der Waals surface area contributed by atoms with E-state index in [9.17, 15) is 19.0 Å². The lowest BCUT2D eigenvalue weighted by Gasteiger charge is -2.27. The number of carbonyl (C=O) groups is 2. The molecule has 0 aliphatic carbocycles. The topological polar surface area (TPSA) is 111 Å². The van der Waals surface area contributed by atoms with Crippen LogP contribution in [0.1, 0.15) is 265 Å². The molecule has 0 aromatic carbocycles. The lowest BCUT2D eigenvalue weighted by molar-refractivity contribution is -0.870. The smallest absolute Gasteiger partial charge is 0.456 e. The molecule has 3 unspecified atom stereocenters. The molecule has 2 N–H and O–H groups in total. The Morgan fingerprint density at radius 3 is 1.21 bits per heavy atom. The summed E-state index contributed by atoms with van der Waals surface area (Å²) in [6.07, 6.45) is 75.4. The van der Waals surface area contributed by atoms with Crippen molar-refractivity contribution in [3.8, 4) is 0 Å². The largest absolute Gasteiger partial charge is 0.472 e. The molecule has 0 radical (unpaired) electrons. The molecular formula is C67H120N2O7P+. The Morgan fingerprint density at radius 2 is 0.792 bits per heavy atom. The Hall–Kier alpha value is -3.07. The molecule has 0 fully saturated rings. The van der Waals surface area contributed by atoms with Gasteiger partial charge in [-0.25, -0.2) is 4.57 Å². The van der Waals surface area contributed by atoms with Crippen LogP contribution >= 0.6 is 7.82 Å². The number of phosphoric ester groups is 1. The van der Waals surface area contributed by atoms with E-state index in [1.54, 1.807) is 0 Å². The summed E-state index contributed by atoms with van der Waals surface area (Å²) < 4.78 is 30.7. The van der Waals surface area contributed by atoms with Crippen molar-refractivity contribution in [1.82, 2.24) is 5.32 Å². The Labute approximate surface area is 475 Å². The zero-order valence-corrected chi connectivity index (χ0v) is 51.6. The minimum Gasteiger partial charge on any atom is -0.456 e. The molecule has 444 valence electrons. The summed E-state index contributed by atoms with van der Waals surface area (Å²) in [6, 6.07) is -0.870. The van der Waals surface area contributed by atoms with Gasteiger partial charge in [0.2, 0.25) is 5.91 Å². The lowest BCUT2D eigenvalue weighted by Crippen LogP contribution is -2.47. The number of likely N-dealkylation sites (N-methyl/N-ethyl adjacent to an activating group) is 1. The van der Waals surface area contributed by atoms with E-state index >= 15 is 0 Å². The molecule has 3 atom stereocenters. The summed E-state index contributed by atoms with van der Waals surface area (Å²) in [5.74, 6) is -0.546. The SMILES string of the molecule is CCCCC/C=C\C/C=C\C/C=C\C/C=C\CCCCCCCCCC(=O)OC(/C=C\CCCCCCCCCCC)C(COP(=O)(O)OCC[N+](C)(C)C)NC(=O)CCCCCC/C=C\C/C=C\C/C=C\CCCCC. The van der Waals surface area contributed by atoms with E-state index in [0.717, 1.165) is 116 Å². The molecule has 9 nitrogen and oxygen atoms in total. The third-order valence-corrected chi connectivity index (χ3v) is 14.5. The van der Waals surface area contributed by atoms with Crippen LogP contribution in [-0.4, -0.2) is 74.3 Å². The number of quaternary nitrogens is 1. The lowest BCUT2D eigenvalue weighted by atomic mass is 10.1. The fraction of sp³-hybridized carbons (Fsp3) is 0.731. The highest BCUT2D eigenvalue weighted by atomic mass is 31.2. The van der Waals surface area contributed by atoms with Crippen molar-refractivity contribution >= 4 is 19.7 Å². The average Bonchev–Trinajstić information content (AvgIpc) is 3.39. The first-order valence-electron chi connectivity index (χ1n) is 31.6. The average molecular weight is 1100 g/mol. The summed E-state index contributed by atoms with van der Waals surface area (Å²) in [7, 11) is 1.46. The van der Waals surface area contributed by atoms with Crippen molar-refractivity contribution < 1.29 is 37.3 Å². The predicted octanol–water partition coefficient (Wildman–Crippen LogP) is 19.6. The van der Waals surface area contributed by atoms with E-state index in [0.29, 0.717) is 17.4 Å². The first-order valence-corrected chi connectivity index (χ1v) is 33.1. The second-order valence-electron chi connectivity index (χ2n) is 22.2. The first-order chi connectivity index (χ1) is 37.4. The number of rotatable bonds is 56. The van der Waals surface area contributed by atoms with Crippen LogP contribution in [0.5, 0.6) is 0 Å². The van der Waals surface area contributed by atoms with Crippen LogP contribution in [0.4, 0.5) is 0 Å². The number of carbonyl (C=O) groups excluding carboxylic acids is 2. The molecule has 0 rings (SSSR count). The molecule has 0 heterocycles. The minimum absolute atomic E-state index is 0.0292. The molecule has 0 saturated heterocycles. The van der Waals surface area contributed by atoms with Crippen LogP contribution in [0.3, 0.4) is 0 Å². The molecule has 0 aliphatic rings. The number of hydrogen-bond donors (Lipinski definition) is 2. The van der Waals surface area contributed by atoms with E-state index in [-0.39, 0.29) is 31.5 Å². The van der Waals surface area contributed by atoms with Crippen molar-refractivity contribution in [2.75, 3.05) is 40.9 Å². The predicted molar refractivity (Wildman–Crippen MR) is 332 cm³/mol. The second kappa shape index (κ2) is 56.2. The normalized spacial score (nSPS) is 14.3. The van der Waals surface area contributed by atoms with Crippen LogP contribution in [0.2, 0.25) is 0 Å². The van der Waals surface area contributed by atoms with E-state index in [2.05, 4.69) is 111 Å². The van der Waals surface area contributed by atoms with Crippen molar-refractivity contribution in [2.45, 2.75) is 277 Å². The van der Waals surface area contributed by atoms with Crippen molar-refractivity contribution in [3.05, 3.63) is 97.2 Å². The van der Waals surface area contributed by atoms with E-state index in [1.807, 2.05) is 33.3 Å². The van der Waals surface area contributed by atoms with Crippen molar-refractivity contribution in [3.63, 3.8) is 0 Å². The van der Waals surface area contributed by atoms with Crippen LogP contribution in [-0.2, 0) is 27.9 Å². The summed E-state index contributed by atoms with van der Waals surface area (Å²) in [5, 5.41) is 3.04. The third-order valence-electron chi connectivity index (χ3n) is 13.5. The van der Waals surface area contributed by atoms with Gasteiger partial charge in [-0.1, -0.05) is 234 Å². The fourth-order valence-electron chi connectivity index (χ4n) is 8.58. The fourth-order valence-corrected chi connectivity index (χ4v) is 9.31. The number of unbranched alkanes of at least 4 members (excludes halogenated alkanes) is 26. The number of allylic oxidation sites excluding steroid dienone is 15. The maximum absolute atomic E-state index is 13.5. The van der Waals surface area contributed by atoms with E-state index in [4.69, 9.17) is 13.8 Å². The number of ether oxygens (including phenoxy) is 1. The van der Waals surface area contributed by atoms with Crippen molar-refractivity contribution in [2.24, 2.45) is 0 Å². The monoisotopic (exact) mass is 1100 g/mol. The molecule has 10 heteroatoms. The molecule has 0 spiro atoms. The third kappa shape index (κ3) is 57.4. The minimum atomic E-state index is -4.46. The van der Waals surface area contributed by atoms with Gasteiger partial charge in [0.05, 0.1) is 33.8 Å². The number of nitrogens with zero attached hydrogens (tertiary/aromatic N) is 1. The van der Waals surface area contributed by atoms with Gasteiger partial charge in [-0.3, -0.25) is 18.6 Å². The number of amides is 1. The van der Waals surface area contributed by atoms with Crippen molar-refractivity contribution in [1.29, 1.82) is 0 Å². The summed E-state index contributed by atoms with van der Waals surface area (Å²) in [6.45, 7) is 6.92. The summed E-state index contributed by atoms with van der Waals surface area (Å²) in [5.41, 5.74) is 0. The van der Waals surface area contributed by atoms with Gasteiger partial charge in [0.25, 0.3) is 0 Å². The number of esters is 1. The number of phosphoric acid groups is 1. The number of nitrogens with one attached hydrogen (secondary N) is 1. The molecule has 0 aromatic heterocycles. The van der Waals surface area contributed by atoms with Gasteiger partial charge < -0.3 is 19.4 Å². The maximum atomic E-state index is 13.5. The molecule has 0 saturated carbocycles. The molecule has 1 amide bonds. The zero-order chi connectivity index (χ0) is 56.4. The van der Waals surface area contributed by atoms with Gasteiger partial charge in [0.1, 0.15) is 19.3 Å². The van der Waals surface area contributed by atoms with Gasteiger partial charge in [-0.15, -0.1) is 0 Å². The standard InChI is InChI=1S/C67H119N2O7P/c1-7-10-13-16-19-22-25-27-29-31-32-33-34-35-36-38-40-42-45-48-51-54-57-60-67(71)76-65(58-55-52-49-46-43-24-21-18-15-12-9-3)64(63-75-77(72,73)74-62-61-69(4,5)6)68-66(70)59-56-53-50-47-44-41-39-37-30-28-26-23-20-17-14-11-8-2/h19-20,22-23,27-30,32-33,35-36,39,41,55,58,64-65H,7-18,21,24-26,31,34,37-38,40,42-54,56-57,59-63H2,1-6H3,(H-,68,70,72,73)/p+1/b22-19-,23-20-,29-27-,30-28-,33-32-,36-35-,41-39-,58-55-. The van der Waals surface area contributed by atoms with Crippen LogP contribution in [0, 0.1) is 0 Å². The van der Waals surface area contributed by atoms with E-state index in [1.165, 1.54) is 116 Å². The Balaban J connectivity index is 5.25. The van der Waals surface area contributed by atoms with Gasteiger partial charge in [0, 0.05) is 12.8 Å². The zero-order valence-electron chi connectivity index (χ0n) is 50.7. The maximum Gasteiger partial charge on any atom is 0.472 e. The highest BCUT2D eigenvalue weighted by Crippen LogP contribution is 2.43.